The number of carbonyl (C=O) groups is 1. The molecule has 0 radical (unpaired) electrons. The fraction of sp³-hybridized carbons (Fsp3) is 0.222. The molecule has 0 bridgehead atoms. The van der Waals surface area contributed by atoms with E-state index in [0.717, 1.165) is 10.0 Å². The molecular weight excluding hydrogens is 239 g/mol. The van der Waals surface area contributed by atoms with E-state index in [9.17, 15) is 4.79 Å². The minimum absolute atomic E-state index is 0.0601. The Hall–Kier alpha value is -0.340. The normalized spacial score (nSPS) is 10.0. The van der Waals surface area contributed by atoms with Crippen molar-refractivity contribution in [3.05, 3.63) is 32.8 Å². The highest BCUT2D eigenvalue weighted by Gasteiger charge is 2.08. The zero-order chi connectivity index (χ0) is 9.30. The molecule has 0 fully saturated rings. The van der Waals surface area contributed by atoms with Gasteiger partial charge in [0.25, 0.3) is 0 Å². The molecule has 0 aliphatic rings. The van der Waals surface area contributed by atoms with Crippen LogP contribution in [0.2, 0.25) is 5.02 Å². The van der Waals surface area contributed by atoms with Crippen LogP contribution >= 0.6 is 27.5 Å². The number of benzene rings is 1. The van der Waals surface area contributed by atoms with Gasteiger partial charge in [-0.2, -0.15) is 0 Å². The summed E-state index contributed by atoms with van der Waals surface area (Å²) in [5, 5.41) is 0.637. The number of halogens is 2. The van der Waals surface area contributed by atoms with Crippen molar-refractivity contribution in [2.75, 3.05) is 0 Å². The SMILES string of the molecule is CC(=O)c1ccc(Cl)c(Br)c1C. The van der Waals surface area contributed by atoms with E-state index in [4.69, 9.17) is 11.6 Å². The van der Waals surface area contributed by atoms with E-state index in [1.165, 1.54) is 0 Å². The van der Waals surface area contributed by atoms with Gasteiger partial charge in [0.1, 0.15) is 0 Å². The van der Waals surface area contributed by atoms with Crippen molar-refractivity contribution in [1.29, 1.82) is 0 Å². The number of ketones is 1. The van der Waals surface area contributed by atoms with Crippen molar-refractivity contribution in [3.8, 4) is 0 Å². The highest BCUT2D eigenvalue weighted by Crippen LogP contribution is 2.28. The molecule has 0 unspecified atom stereocenters. The lowest BCUT2D eigenvalue weighted by Gasteiger charge is -2.05. The van der Waals surface area contributed by atoms with E-state index in [-0.39, 0.29) is 5.78 Å². The average Bonchev–Trinajstić information content (AvgIpc) is 2.00. The molecule has 0 heterocycles. The van der Waals surface area contributed by atoms with E-state index >= 15 is 0 Å². The molecule has 1 aromatic rings. The molecule has 12 heavy (non-hydrogen) atoms. The number of Topliss-reactive ketones (excluding diaryl/α,β-unsaturated/α-hetero) is 1. The average molecular weight is 248 g/mol. The summed E-state index contributed by atoms with van der Waals surface area (Å²) in [4.78, 5) is 11.1. The Morgan fingerprint density at radius 2 is 2.08 bits per heavy atom. The highest BCUT2D eigenvalue weighted by atomic mass is 79.9. The first-order chi connectivity index (χ1) is 5.54. The molecule has 0 aliphatic heterocycles. The summed E-state index contributed by atoms with van der Waals surface area (Å²) in [7, 11) is 0. The molecule has 64 valence electrons. The van der Waals surface area contributed by atoms with E-state index in [1.54, 1.807) is 19.1 Å². The van der Waals surface area contributed by atoms with Gasteiger partial charge in [0.2, 0.25) is 0 Å². The lowest BCUT2D eigenvalue weighted by Crippen LogP contribution is -1.96. The third-order valence-electron chi connectivity index (χ3n) is 1.72. The van der Waals surface area contributed by atoms with Crippen molar-refractivity contribution in [3.63, 3.8) is 0 Å². The first-order valence-electron chi connectivity index (χ1n) is 3.49. The van der Waals surface area contributed by atoms with Crippen molar-refractivity contribution in [1.82, 2.24) is 0 Å². The second kappa shape index (κ2) is 3.58. The van der Waals surface area contributed by atoms with Crippen LogP contribution in [0.5, 0.6) is 0 Å². The standard InChI is InChI=1S/C9H8BrClO/c1-5-7(6(2)12)3-4-8(11)9(5)10/h3-4H,1-2H3. The molecule has 0 saturated heterocycles. The van der Waals surface area contributed by atoms with Gasteiger partial charge in [-0.15, -0.1) is 0 Å². The van der Waals surface area contributed by atoms with Gasteiger partial charge in [-0.25, -0.2) is 0 Å². The maximum Gasteiger partial charge on any atom is 0.160 e. The Labute approximate surface area is 84.9 Å². The van der Waals surface area contributed by atoms with Gasteiger partial charge in [-0.05, 0) is 47.5 Å². The molecule has 1 aromatic carbocycles. The van der Waals surface area contributed by atoms with Crippen LogP contribution < -0.4 is 0 Å². The van der Waals surface area contributed by atoms with Crippen molar-refractivity contribution in [2.45, 2.75) is 13.8 Å². The topological polar surface area (TPSA) is 17.1 Å². The molecule has 0 aromatic heterocycles. The number of rotatable bonds is 1. The lowest BCUT2D eigenvalue weighted by molar-refractivity contribution is 0.101. The van der Waals surface area contributed by atoms with Gasteiger partial charge in [-0.3, -0.25) is 4.79 Å². The van der Waals surface area contributed by atoms with Crippen molar-refractivity contribution in [2.24, 2.45) is 0 Å². The second-order valence-corrected chi connectivity index (χ2v) is 3.79. The van der Waals surface area contributed by atoms with E-state index in [0.29, 0.717) is 10.6 Å². The summed E-state index contributed by atoms with van der Waals surface area (Å²) < 4.78 is 0.803. The monoisotopic (exact) mass is 246 g/mol. The van der Waals surface area contributed by atoms with Gasteiger partial charge in [0, 0.05) is 10.0 Å². The van der Waals surface area contributed by atoms with Gasteiger partial charge in [0.05, 0.1) is 5.02 Å². The summed E-state index contributed by atoms with van der Waals surface area (Å²) >= 11 is 9.15. The molecule has 3 heteroatoms. The predicted octanol–water partition coefficient (Wildman–Crippen LogP) is 3.61. The molecule has 0 aliphatic carbocycles. The Morgan fingerprint density at radius 3 is 2.58 bits per heavy atom. The van der Waals surface area contributed by atoms with Crippen LogP contribution in [-0.4, -0.2) is 5.78 Å². The minimum atomic E-state index is 0.0601. The van der Waals surface area contributed by atoms with Gasteiger partial charge >= 0.3 is 0 Å². The Kier molecular flexibility index (Phi) is 2.91. The molecule has 0 saturated carbocycles. The fourth-order valence-electron chi connectivity index (χ4n) is 1.03. The Morgan fingerprint density at radius 1 is 1.50 bits per heavy atom. The molecule has 0 N–H and O–H groups in total. The van der Waals surface area contributed by atoms with Crippen LogP contribution in [-0.2, 0) is 0 Å². The maximum absolute atomic E-state index is 11.1. The zero-order valence-corrected chi connectivity index (χ0v) is 9.16. The summed E-state index contributed by atoms with van der Waals surface area (Å²) in [5.41, 5.74) is 1.61. The number of hydrogen-bond donors (Lipinski definition) is 0. The Bertz CT molecular complexity index is 334. The molecule has 0 amide bonds. The maximum atomic E-state index is 11.1. The van der Waals surface area contributed by atoms with Gasteiger partial charge < -0.3 is 0 Å². The van der Waals surface area contributed by atoms with Gasteiger partial charge in [-0.1, -0.05) is 11.6 Å². The first kappa shape index (κ1) is 9.75. The quantitative estimate of drug-likeness (QED) is 0.693. The smallest absolute Gasteiger partial charge is 0.160 e. The lowest BCUT2D eigenvalue weighted by atomic mass is 10.1. The van der Waals surface area contributed by atoms with Crippen LogP contribution in [0.25, 0.3) is 0 Å². The van der Waals surface area contributed by atoms with Crippen molar-refractivity contribution >= 4 is 33.3 Å². The van der Waals surface area contributed by atoms with Crippen LogP contribution in [0.3, 0.4) is 0 Å². The summed E-state index contributed by atoms with van der Waals surface area (Å²) in [6.07, 6.45) is 0. The van der Waals surface area contributed by atoms with Crippen LogP contribution in [0.1, 0.15) is 22.8 Å². The largest absolute Gasteiger partial charge is 0.295 e. The van der Waals surface area contributed by atoms with Gasteiger partial charge in [0.15, 0.2) is 5.78 Å². The molecule has 0 spiro atoms. The minimum Gasteiger partial charge on any atom is -0.295 e. The van der Waals surface area contributed by atoms with Crippen molar-refractivity contribution < 1.29 is 4.79 Å². The van der Waals surface area contributed by atoms with Crippen LogP contribution in [0.15, 0.2) is 16.6 Å². The molecule has 0 atom stereocenters. The third kappa shape index (κ3) is 1.70. The predicted molar refractivity (Wildman–Crippen MR) is 53.9 cm³/mol. The molecular formula is C9H8BrClO. The van der Waals surface area contributed by atoms with Crippen LogP contribution in [0, 0.1) is 6.92 Å². The summed E-state index contributed by atoms with van der Waals surface area (Å²) in [5.74, 6) is 0.0601. The van der Waals surface area contributed by atoms with E-state index in [2.05, 4.69) is 15.9 Å². The fourth-order valence-corrected chi connectivity index (χ4v) is 1.58. The summed E-state index contributed by atoms with van der Waals surface area (Å²) in [6, 6.07) is 3.46. The highest BCUT2D eigenvalue weighted by molar-refractivity contribution is 9.10. The second-order valence-electron chi connectivity index (χ2n) is 2.59. The van der Waals surface area contributed by atoms with E-state index in [1.807, 2.05) is 6.92 Å². The zero-order valence-electron chi connectivity index (χ0n) is 6.82. The first-order valence-corrected chi connectivity index (χ1v) is 4.66. The van der Waals surface area contributed by atoms with E-state index < -0.39 is 0 Å². The molecule has 1 rings (SSSR count). The number of hydrogen-bond acceptors (Lipinski definition) is 1. The Balaban J connectivity index is 3.36. The summed E-state index contributed by atoms with van der Waals surface area (Å²) in [6.45, 7) is 3.41. The molecule has 1 nitrogen and oxygen atoms in total. The number of carbonyl (C=O) groups excluding carboxylic acids is 1. The van der Waals surface area contributed by atoms with Crippen LogP contribution in [0.4, 0.5) is 0 Å². The third-order valence-corrected chi connectivity index (χ3v) is 3.28.